The van der Waals surface area contributed by atoms with E-state index in [2.05, 4.69) is 46.3 Å². The predicted octanol–water partition coefficient (Wildman–Crippen LogP) is 6.38. The highest BCUT2D eigenvalue weighted by molar-refractivity contribution is 5.93. The number of rotatable bonds is 6. The van der Waals surface area contributed by atoms with E-state index < -0.39 is 6.23 Å². The van der Waals surface area contributed by atoms with E-state index in [0.717, 1.165) is 59.6 Å². The van der Waals surface area contributed by atoms with Crippen molar-refractivity contribution in [3.63, 3.8) is 0 Å². The molecule has 0 aliphatic carbocycles. The average molecular weight is 498 g/mol. The maximum absolute atomic E-state index is 13.9. The van der Waals surface area contributed by atoms with Crippen LogP contribution in [0.2, 0.25) is 0 Å². The number of piperidine rings is 1. The number of carbonyl (C=O) groups excluding carboxylic acids is 1. The van der Waals surface area contributed by atoms with Crippen LogP contribution in [0.15, 0.2) is 72.8 Å². The average Bonchev–Trinajstić information content (AvgIpc) is 3.34. The van der Waals surface area contributed by atoms with Crippen molar-refractivity contribution < 1.29 is 9.90 Å². The number of amides is 1. The summed E-state index contributed by atoms with van der Waals surface area (Å²) >= 11 is 0. The fourth-order valence-corrected chi connectivity index (χ4v) is 6.36. The summed E-state index contributed by atoms with van der Waals surface area (Å²) in [5.74, 6) is -0.261. The van der Waals surface area contributed by atoms with Crippen molar-refractivity contribution in [2.75, 3.05) is 23.3 Å². The van der Waals surface area contributed by atoms with Gasteiger partial charge in [0.15, 0.2) is 0 Å². The van der Waals surface area contributed by atoms with Gasteiger partial charge in [-0.25, -0.2) is 0 Å². The van der Waals surface area contributed by atoms with Crippen LogP contribution < -0.4 is 10.2 Å². The van der Waals surface area contributed by atoms with Gasteiger partial charge in [-0.3, -0.25) is 9.69 Å². The first-order chi connectivity index (χ1) is 17.9. The third kappa shape index (κ3) is 5.29. The van der Waals surface area contributed by atoms with E-state index in [1.54, 1.807) is 0 Å². The summed E-state index contributed by atoms with van der Waals surface area (Å²) in [5.41, 5.74) is 6.14. The Morgan fingerprint density at radius 1 is 0.919 bits per heavy atom. The van der Waals surface area contributed by atoms with E-state index in [1.807, 2.05) is 62.4 Å². The lowest BCUT2D eigenvalue weighted by Crippen LogP contribution is -2.45. The molecule has 0 saturated carbocycles. The molecule has 4 unspecified atom stereocenters. The van der Waals surface area contributed by atoms with Crippen molar-refractivity contribution in [1.29, 1.82) is 0 Å². The molecule has 1 amide bonds. The summed E-state index contributed by atoms with van der Waals surface area (Å²) in [5, 5.41) is 14.9. The van der Waals surface area contributed by atoms with Crippen LogP contribution in [0.25, 0.3) is 0 Å². The minimum Gasteiger partial charge on any atom is -0.374 e. The molecule has 2 heterocycles. The number of benzene rings is 3. The molecule has 37 heavy (non-hydrogen) atoms. The zero-order valence-corrected chi connectivity index (χ0v) is 22.2. The molecule has 3 aromatic rings. The minimum absolute atomic E-state index is 0.0129. The summed E-state index contributed by atoms with van der Waals surface area (Å²) in [7, 11) is 0. The number of aliphatic hydroxyl groups is 1. The Labute approximate surface area is 221 Å². The topological polar surface area (TPSA) is 55.8 Å². The molecular formula is C32H39N3O2. The van der Waals surface area contributed by atoms with Crippen LogP contribution in [0.5, 0.6) is 0 Å². The van der Waals surface area contributed by atoms with Crippen LogP contribution in [0.1, 0.15) is 67.1 Å². The minimum atomic E-state index is -0.776. The first-order valence-corrected chi connectivity index (χ1v) is 13.7. The van der Waals surface area contributed by atoms with Crippen LogP contribution in [0, 0.1) is 19.8 Å². The fraction of sp³-hybridized carbons (Fsp3) is 0.406. The molecule has 4 atom stereocenters. The van der Waals surface area contributed by atoms with Gasteiger partial charge in [-0.1, -0.05) is 54.6 Å². The molecule has 0 spiro atoms. The van der Waals surface area contributed by atoms with E-state index >= 15 is 0 Å². The maximum Gasteiger partial charge on any atom is 0.229 e. The first kappa shape index (κ1) is 25.5. The van der Waals surface area contributed by atoms with Crippen LogP contribution in [0.3, 0.4) is 0 Å². The van der Waals surface area contributed by atoms with E-state index in [9.17, 15) is 9.90 Å². The summed E-state index contributed by atoms with van der Waals surface area (Å²) in [6.07, 6.45) is 3.27. The predicted molar refractivity (Wildman–Crippen MR) is 151 cm³/mol. The second kappa shape index (κ2) is 11.1. The zero-order valence-electron chi connectivity index (χ0n) is 22.2. The molecule has 2 aliphatic rings. The van der Waals surface area contributed by atoms with E-state index in [-0.39, 0.29) is 17.9 Å². The Kier molecular flexibility index (Phi) is 7.63. The number of carbonyl (C=O) groups is 1. The molecule has 5 heteroatoms. The molecule has 0 radical (unpaired) electrons. The number of nitrogens with zero attached hydrogens (tertiary/aromatic N) is 2. The highest BCUT2D eigenvalue weighted by atomic mass is 16.3. The highest BCUT2D eigenvalue weighted by Crippen LogP contribution is 2.42. The Balaban J connectivity index is 1.44. The standard InChI is InChI=1S/C32H39N3O2/c1-22-11-7-12-23(2)29(22)32(37)35-20-10-18-28(30(35)25-14-5-4-6-15-25)31(36)33-26-16-8-17-27(21-26)34-19-9-13-24(34)3/h4-8,11-12,14-17,21,24,28,30,32,37H,9-10,13,18-20H2,1-3H3,(H,33,36). The Morgan fingerprint density at radius 2 is 1.62 bits per heavy atom. The molecule has 2 fully saturated rings. The first-order valence-electron chi connectivity index (χ1n) is 13.7. The van der Waals surface area contributed by atoms with Crippen molar-refractivity contribution in [1.82, 2.24) is 4.90 Å². The van der Waals surface area contributed by atoms with E-state index in [4.69, 9.17) is 0 Å². The molecule has 2 saturated heterocycles. The second-order valence-electron chi connectivity index (χ2n) is 10.7. The number of anilines is 2. The van der Waals surface area contributed by atoms with Gasteiger partial charge in [0.05, 0.1) is 5.92 Å². The number of hydrogen-bond donors (Lipinski definition) is 2. The molecule has 3 aromatic carbocycles. The highest BCUT2D eigenvalue weighted by Gasteiger charge is 2.40. The van der Waals surface area contributed by atoms with Gasteiger partial charge < -0.3 is 15.3 Å². The molecular weight excluding hydrogens is 458 g/mol. The van der Waals surface area contributed by atoms with Crippen molar-refractivity contribution in [2.24, 2.45) is 5.92 Å². The van der Waals surface area contributed by atoms with Gasteiger partial charge in [-0.2, -0.15) is 0 Å². The lowest BCUT2D eigenvalue weighted by atomic mass is 9.83. The lowest BCUT2D eigenvalue weighted by Gasteiger charge is -2.44. The third-order valence-electron chi connectivity index (χ3n) is 8.26. The molecule has 5 rings (SSSR count). The lowest BCUT2D eigenvalue weighted by molar-refractivity contribution is -0.128. The van der Waals surface area contributed by atoms with Crippen LogP contribution in [0.4, 0.5) is 11.4 Å². The molecule has 2 N–H and O–H groups in total. The third-order valence-corrected chi connectivity index (χ3v) is 8.26. The molecule has 2 aliphatic heterocycles. The van der Waals surface area contributed by atoms with Crippen LogP contribution >= 0.6 is 0 Å². The van der Waals surface area contributed by atoms with Gasteiger partial charge in [0.1, 0.15) is 6.23 Å². The fourth-order valence-electron chi connectivity index (χ4n) is 6.36. The Bertz CT molecular complexity index is 1210. The summed E-state index contributed by atoms with van der Waals surface area (Å²) in [6.45, 7) is 8.15. The van der Waals surface area contributed by atoms with Crippen molar-refractivity contribution in [3.05, 3.63) is 95.1 Å². The van der Waals surface area contributed by atoms with Crippen molar-refractivity contribution in [2.45, 2.75) is 64.8 Å². The van der Waals surface area contributed by atoms with E-state index in [0.29, 0.717) is 6.04 Å². The monoisotopic (exact) mass is 497 g/mol. The smallest absolute Gasteiger partial charge is 0.229 e. The molecule has 5 nitrogen and oxygen atoms in total. The van der Waals surface area contributed by atoms with Crippen LogP contribution in [-0.2, 0) is 4.79 Å². The van der Waals surface area contributed by atoms with Crippen molar-refractivity contribution in [3.8, 4) is 0 Å². The number of hydrogen-bond acceptors (Lipinski definition) is 4. The van der Waals surface area contributed by atoms with E-state index in [1.165, 1.54) is 12.8 Å². The normalized spacial score (nSPS) is 23.1. The molecule has 0 bridgehead atoms. The number of nitrogens with one attached hydrogen (secondary N) is 1. The second-order valence-corrected chi connectivity index (χ2v) is 10.7. The number of likely N-dealkylation sites (tertiary alicyclic amines) is 1. The number of aliphatic hydroxyl groups excluding tert-OH is 1. The van der Waals surface area contributed by atoms with Crippen molar-refractivity contribution >= 4 is 17.3 Å². The molecule has 0 aromatic heterocycles. The van der Waals surface area contributed by atoms with Crippen LogP contribution in [-0.4, -0.2) is 35.0 Å². The maximum atomic E-state index is 13.9. The van der Waals surface area contributed by atoms with Gasteiger partial charge in [0, 0.05) is 42.1 Å². The Morgan fingerprint density at radius 3 is 2.32 bits per heavy atom. The largest absolute Gasteiger partial charge is 0.374 e. The summed E-state index contributed by atoms with van der Waals surface area (Å²) in [6, 6.07) is 24.9. The summed E-state index contributed by atoms with van der Waals surface area (Å²) < 4.78 is 0. The molecule has 194 valence electrons. The van der Waals surface area contributed by atoms with Gasteiger partial charge in [0.25, 0.3) is 0 Å². The SMILES string of the molecule is Cc1cccc(C)c1C(O)N1CCCC(C(=O)Nc2cccc(N3CCCC3C)c2)C1c1ccccc1. The van der Waals surface area contributed by atoms with Gasteiger partial charge in [-0.15, -0.1) is 0 Å². The Hall–Kier alpha value is -3.15. The summed E-state index contributed by atoms with van der Waals surface area (Å²) in [4.78, 5) is 18.4. The number of aryl methyl sites for hydroxylation is 2. The quantitative estimate of drug-likeness (QED) is 0.415. The van der Waals surface area contributed by atoms with Gasteiger partial charge >= 0.3 is 0 Å². The zero-order chi connectivity index (χ0) is 25.9. The van der Waals surface area contributed by atoms with Gasteiger partial charge in [-0.05, 0) is 81.3 Å². The van der Waals surface area contributed by atoms with Gasteiger partial charge in [0.2, 0.25) is 5.91 Å².